The van der Waals surface area contributed by atoms with Gasteiger partial charge in [0.15, 0.2) is 0 Å². The Morgan fingerprint density at radius 2 is 2.26 bits per heavy atom. The smallest absolute Gasteiger partial charge is 0.322 e. The van der Waals surface area contributed by atoms with Crippen molar-refractivity contribution in [2.45, 2.75) is 6.42 Å². The number of amides is 3. The average molecular weight is 337 g/mol. The molecule has 1 atom stereocenters. The van der Waals surface area contributed by atoms with Gasteiger partial charge in [-0.05, 0) is 44.1 Å². The first-order chi connectivity index (χ1) is 11.1. The fourth-order valence-corrected chi connectivity index (χ4v) is 3.43. The molecule has 2 fully saturated rings. The number of anilines is 1. The van der Waals surface area contributed by atoms with E-state index in [1.54, 1.807) is 23.1 Å². The van der Waals surface area contributed by atoms with Crippen molar-refractivity contribution in [3.05, 3.63) is 28.8 Å². The SMILES string of the molecule is CNCC1CCN(C(=O)c2ccc(Cl)c(N3CCNC3=O)c2)C1. The summed E-state index contributed by atoms with van der Waals surface area (Å²) >= 11 is 6.22. The Bertz CT molecular complexity index is 622. The number of rotatable bonds is 4. The van der Waals surface area contributed by atoms with Gasteiger partial charge in [-0.2, -0.15) is 0 Å². The van der Waals surface area contributed by atoms with E-state index < -0.39 is 0 Å². The highest BCUT2D eigenvalue weighted by molar-refractivity contribution is 6.34. The molecule has 2 N–H and O–H groups in total. The lowest BCUT2D eigenvalue weighted by Crippen LogP contribution is -2.31. The summed E-state index contributed by atoms with van der Waals surface area (Å²) in [5.41, 5.74) is 1.17. The Hall–Kier alpha value is -1.79. The molecule has 0 aliphatic carbocycles. The maximum absolute atomic E-state index is 12.7. The van der Waals surface area contributed by atoms with Gasteiger partial charge in [0, 0.05) is 31.7 Å². The van der Waals surface area contributed by atoms with Gasteiger partial charge < -0.3 is 15.5 Å². The van der Waals surface area contributed by atoms with Crippen LogP contribution in [0.5, 0.6) is 0 Å². The summed E-state index contributed by atoms with van der Waals surface area (Å²) in [6, 6.07) is 4.97. The summed E-state index contributed by atoms with van der Waals surface area (Å²) in [5, 5.41) is 6.39. The Labute approximate surface area is 140 Å². The molecule has 0 saturated carbocycles. The second-order valence-electron chi connectivity index (χ2n) is 6.01. The van der Waals surface area contributed by atoms with Gasteiger partial charge in [0.2, 0.25) is 0 Å². The van der Waals surface area contributed by atoms with Crippen molar-refractivity contribution in [2.75, 3.05) is 44.7 Å². The molecule has 1 aromatic rings. The number of nitrogens with one attached hydrogen (secondary N) is 2. The van der Waals surface area contributed by atoms with Gasteiger partial charge in [0.1, 0.15) is 0 Å². The van der Waals surface area contributed by atoms with Gasteiger partial charge in [0.05, 0.1) is 10.7 Å². The van der Waals surface area contributed by atoms with E-state index in [-0.39, 0.29) is 11.9 Å². The molecule has 23 heavy (non-hydrogen) atoms. The third-order valence-corrected chi connectivity index (χ3v) is 4.73. The zero-order chi connectivity index (χ0) is 16.4. The van der Waals surface area contributed by atoms with E-state index in [4.69, 9.17) is 11.6 Å². The first-order valence-corrected chi connectivity index (χ1v) is 8.26. The Kier molecular flexibility index (Phi) is 4.73. The molecule has 2 saturated heterocycles. The van der Waals surface area contributed by atoms with Crippen molar-refractivity contribution in [1.29, 1.82) is 0 Å². The topological polar surface area (TPSA) is 64.7 Å². The summed E-state index contributed by atoms with van der Waals surface area (Å²) in [6.45, 7) is 3.61. The van der Waals surface area contributed by atoms with Crippen molar-refractivity contribution in [3.8, 4) is 0 Å². The van der Waals surface area contributed by atoms with Gasteiger partial charge in [0.25, 0.3) is 5.91 Å². The van der Waals surface area contributed by atoms with E-state index >= 15 is 0 Å². The van der Waals surface area contributed by atoms with Crippen LogP contribution in [0.2, 0.25) is 5.02 Å². The molecule has 1 aromatic carbocycles. The Balaban J connectivity index is 1.78. The monoisotopic (exact) mass is 336 g/mol. The third kappa shape index (κ3) is 3.28. The zero-order valence-corrected chi connectivity index (χ0v) is 13.9. The molecule has 0 bridgehead atoms. The van der Waals surface area contributed by atoms with E-state index in [9.17, 15) is 9.59 Å². The lowest BCUT2D eigenvalue weighted by Gasteiger charge is -2.20. The molecule has 3 rings (SSSR count). The van der Waals surface area contributed by atoms with E-state index in [1.807, 2.05) is 11.9 Å². The molecule has 2 aliphatic rings. The highest BCUT2D eigenvalue weighted by Crippen LogP contribution is 2.29. The van der Waals surface area contributed by atoms with Gasteiger partial charge in [-0.3, -0.25) is 9.69 Å². The number of carbonyl (C=O) groups is 2. The molecule has 124 valence electrons. The zero-order valence-electron chi connectivity index (χ0n) is 13.1. The lowest BCUT2D eigenvalue weighted by atomic mass is 10.1. The van der Waals surface area contributed by atoms with Crippen LogP contribution in [0.3, 0.4) is 0 Å². The number of hydrogen-bond donors (Lipinski definition) is 2. The van der Waals surface area contributed by atoms with Crippen LogP contribution >= 0.6 is 11.6 Å². The lowest BCUT2D eigenvalue weighted by molar-refractivity contribution is 0.0787. The third-order valence-electron chi connectivity index (χ3n) is 4.41. The van der Waals surface area contributed by atoms with Crippen LogP contribution in [0.4, 0.5) is 10.5 Å². The van der Waals surface area contributed by atoms with Crippen LogP contribution in [-0.4, -0.2) is 56.6 Å². The summed E-state index contributed by atoms with van der Waals surface area (Å²) in [6.07, 6.45) is 1.02. The maximum Gasteiger partial charge on any atom is 0.322 e. The minimum absolute atomic E-state index is 0.00104. The molecule has 6 nitrogen and oxygen atoms in total. The second-order valence-corrected chi connectivity index (χ2v) is 6.42. The van der Waals surface area contributed by atoms with Crippen molar-refractivity contribution in [3.63, 3.8) is 0 Å². The summed E-state index contributed by atoms with van der Waals surface area (Å²) in [7, 11) is 1.93. The van der Waals surface area contributed by atoms with E-state index in [0.717, 1.165) is 26.1 Å². The first-order valence-electron chi connectivity index (χ1n) is 7.89. The number of halogens is 1. The first kappa shape index (κ1) is 16.1. The van der Waals surface area contributed by atoms with Gasteiger partial charge in [-0.1, -0.05) is 11.6 Å². The molecule has 2 aliphatic heterocycles. The summed E-state index contributed by atoms with van der Waals surface area (Å²) in [5.74, 6) is 0.501. The second kappa shape index (κ2) is 6.76. The van der Waals surface area contributed by atoms with Crippen LogP contribution in [-0.2, 0) is 0 Å². The van der Waals surface area contributed by atoms with Crippen LogP contribution in [0.1, 0.15) is 16.8 Å². The number of likely N-dealkylation sites (tertiary alicyclic amines) is 1. The van der Waals surface area contributed by atoms with E-state index in [1.165, 1.54) is 0 Å². The fourth-order valence-electron chi connectivity index (χ4n) is 3.21. The van der Waals surface area contributed by atoms with Gasteiger partial charge >= 0.3 is 6.03 Å². The molecule has 3 amide bonds. The molecule has 7 heteroatoms. The van der Waals surface area contributed by atoms with E-state index in [2.05, 4.69) is 10.6 Å². The van der Waals surface area contributed by atoms with Gasteiger partial charge in [-0.25, -0.2) is 4.79 Å². The van der Waals surface area contributed by atoms with Crippen molar-refractivity contribution < 1.29 is 9.59 Å². The van der Waals surface area contributed by atoms with E-state index in [0.29, 0.717) is 35.3 Å². The Morgan fingerprint density at radius 3 is 2.96 bits per heavy atom. The number of benzene rings is 1. The molecular formula is C16H21ClN4O2. The molecular weight excluding hydrogens is 316 g/mol. The summed E-state index contributed by atoms with van der Waals surface area (Å²) in [4.78, 5) is 28.0. The quantitative estimate of drug-likeness (QED) is 0.877. The van der Waals surface area contributed by atoms with Crippen molar-refractivity contribution in [2.24, 2.45) is 5.92 Å². The standard InChI is InChI=1S/C16H21ClN4O2/c1-18-9-11-4-6-20(10-11)15(22)12-2-3-13(17)14(8-12)21-7-5-19-16(21)23/h2-3,8,11,18H,4-7,9-10H2,1H3,(H,19,23). The number of nitrogens with zero attached hydrogens (tertiary/aromatic N) is 2. The Morgan fingerprint density at radius 1 is 1.43 bits per heavy atom. The van der Waals surface area contributed by atoms with Crippen molar-refractivity contribution >= 4 is 29.2 Å². The number of carbonyl (C=O) groups excluding carboxylic acids is 2. The largest absolute Gasteiger partial charge is 0.338 e. The van der Waals surface area contributed by atoms with Crippen LogP contribution in [0.25, 0.3) is 0 Å². The molecule has 0 radical (unpaired) electrons. The normalized spacial score (nSPS) is 21.0. The predicted molar refractivity (Wildman–Crippen MR) is 90.1 cm³/mol. The van der Waals surface area contributed by atoms with Crippen molar-refractivity contribution in [1.82, 2.24) is 15.5 Å². The average Bonchev–Trinajstić information content (AvgIpc) is 3.17. The highest BCUT2D eigenvalue weighted by atomic mass is 35.5. The van der Waals surface area contributed by atoms with Crippen LogP contribution in [0, 0.1) is 5.92 Å². The minimum Gasteiger partial charge on any atom is -0.338 e. The van der Waals surface area contributed by atoms with Gasteiger partial charge in [-0.15, -0.1) is 0 Å². The molecule has 0 aromatic heterocycles. The molecule has 2 heterocycles. The molecule has 1 unspecified atom stereocenters. The predicted octanol–water partition coefficient (Wildman–Crippen LogP) is 1.55. The number of urea groups is 1. The number of hydrogen-bond acceptors (Lipinski definition) is 3. The molecule has 0 spiro atoms. The van der Waals surface area contributed by atoms with Crippen LogP contribution in [0.15, 0.2) is 18.2 Å². The minimum atomic E-state index is -0.174. The highest BCUT2D eigenvalue weighted by Gasteiger charge is 2.28. The fraction of sp³-hybridized carbons (Fsp3) is 0.500. The summed E-state index contributed by atoms with van der Waals surface area (Å²) < 4.78 is 0. The van der Waals surface area contributed by atoms with Crippen LogP contribution < -0.4 is 15.5 Å². The maximum atomic E-state index is 12.7.